The summed E-state index contributed by atoms with van der Waals surface area (Å²) in [4.78, 5) is 16.6. The van der Waals surface area contributed by atoms with E-state index in [1.165, 1.54) is 29.8 Å². The maximum atomic E-state index is 13.0. The molecule has 1 saturated heterocycles. The van der Waals surface area contributed by atoms with Gasteiger partial charge in [0.15, 0.2) is 11.9 Å². The Morgan fingerprint density at radius 1 is 1.11 bits per heavy atom. The molecule has 4 rings (SSSR count). The quantitative estimate of drug-likeness (QED) is 0.826. The Labute approximate surface area is 157 Å². The molecule has 142 valence electrons. The van der Waals surface area contributed by atoms with Gasteiger partial charge in [-0.3, -0.25) is 4.79 Å². The molecular formula is C20H23FN4O2. The number of aromatic nitrogens is 2. The Balaban J connectivity index is 1.33. The van der Waals surface area contributed by atoms with Crippen molar-refractivity contribution in [3.05, 3.63) is 47.4 Å². The third-order valence-electron chi connectivity index (χ3n) is 5.20. The van der Waals surface area contributed by atoms with Gasteiger partial charge in [0.2, 0.25) is 0 Å². The second kappa shape index (κ2) is 7.50. The van der Waals surface area contributed by atoms with Gasteiger partial charge in [-0.1, -0.05) is 0 Å². The summed E-state index contributed by atoms with van der Waals surface area (Å²) in [5.74, 6) is 1.01. The first-order chi connectivity index (χ1) is 13.1. The predicted octanol–water partition coefficient (Wildman–Crippen LogP) is 2.22. The number of benzene rings is 1. The number of hydrogen-bond donors (Lipinski definition) is 0. The fraction of sp³-hybridized carbons (Fsp3) is 0.450. The highest BCUT2D eigenvalue weighted by Crippen LogP contribution is 2.23. The lowest BCUT2D eigenvalue weighted by Crippen LogP contribution is -2.52. The number of anilines is 1. The van der Waals surface area contributed by atoms with E-state index in [1.807, 2.05) is 4.90 Å². The Hall–Kier alpha value is -2.70. The van der Waals surface area contributed by atoms with Gasteiger partial charge in [0, 0.05) is 26.2 Å². The van der Waals surface area contributed by atoms with Crippen molar-refractivity contribution >= 4 is 11.7 Å². The average molecular weight is 370 g/mol. The molecule has 0 N–H and O–H groups in total. The second-order valence-electron chi connectivity index (χ2n) is 7.05. The standard InChI is InChI=1S/C20H23FN4O2/c1-14(27-17-7-5-16(21)6-8-17)20(26)25-11-9-24(10-12-25)19-13-15-3-2-4-18(15)22-23-19/h5-8,13-14H,2-4,9-12H2,1H3. The van der Waals surface area contributed by atoms with Crippen molar-refractivity contribution in [2.24, 2.45) is 0 Å². The van der Waals surface area contributed by atoms with Crippen LogP contribution in [0.1, 0.15) is 24.6 Å². The molecule has 1 aromatic heterocycles. The summed E-state index contributed by atoms with van der Waals surface area (Å²) in [7, 11) is 0. The lowest BCUT2D eigenvalue weighted by molar-refractivity contribution is -0.138. The van der Waals surface area contributed by atoms with Crippen LogP contribution in [-0.2, 0) is 17.6 Å². The average Bonchev–Trinajstić information content (AvgIpc) is 3.17. The molecule has 1 aliphatic heterocycles. The number of rotatable bonds is 4. The number of hydrogen-bond acceptors (Lipinski definition) is 5. The molecule has 0 bridgehead atoms. The minimum atomic E-state index is -0.609. The topological polar surface area (TPSA) is 58.6 Å². The molecule has 1 unspecified atom stereocenters. The number of carbonyl (C=O) groups is 1. The van der Waals surface area contributed by atoms with Crippen LogP contribution in [0.4, 0.5) is 10.2 Å². The monoisotopic (exact) mass is 370 g/mol. The van der Waals surface area contributed by atoms with Crippen LogP contribution in [0.3, 0.4) is 0 Å². The molecule has 0 spiro atoms. The lowest BCUT2D eigenvalue weighted by Gasteiger charge is -2.36. The highest BCUT2D eigenvalue weighted by molar-refractivity contribution is 5.81. The Kier molecular flexibility index (Phi) is 4.92. The van der Waals surface area contributed by atoms with Crippen LogP contribution < -0.4 is 9.64 Å². The molecular weight excluding hydrogens is 347 g/mol. The first kappa shape index (κ1) is 17.7. The van der Waals surface area contributed by atoms with Crippen molar-refractivity contribution < 1.29 is 13.9 Å². The Morgan fingerprint density at radius 3 is 2.59 bits per heavy atom. The van der Waals surface area contributed by atoms with E-state index in [1.54, 1.807) is 6.92 Å². The van der Waals surface area contributed by atoms with Crippen molar-refractivity contribution in [2.45, 2.75) is 32.3 Å². The van der Waals surface area contributed by atoms with Crippen molar-refractivity contribution in [2.75, 3.05) is 31.1 Å². The smallest absolute Gasteiger partial charge is 0.263 e. The summed E-state index contributed by atoms with van der Waals surface area (Å²) in [6, 6.07) is 7.85. The number of amides is 1. The minimum Gasteiger partial charge on any atom is -0.481 e. The lowest BCUT2D eigenvalue weighted by atomic mass is 10.2. The molecule has 7 heteroatoms. The number of aryl methyl sites for hydroxylation is 2. The molecule has 1 amide bonds. The molecule has 1 aromatic carbocycles. The highest BCUT2D eigenvalue weighted by atomic mass is 19.1. The van der Waals surface area contributed by atoms with Crippen LogP contribution in [0.5, 0.6) is 5.75 Å². The molecule has 2 aromatic rings. The number of piperazine rings is 1. The van der Waals surface area contributed by atoms with E-state index in [0.717, 1.165) is 43.9 Å². The van der Waals surface area contributed by atoms with Gasteiger partial charge in [-0.2, -0.15) is 5.10 Å². The summed E-state index contributed by atoms with van der Waals surface area (Å²) in [6.45, 7) is 4.42. The maximum absolute atomic E-state index is 13.0. The molecule has 1 fully saturated rings. The fourth-order valence-corrected chi connectivity index (χ4v) is 3.65. The first-order valence-electron chi connectivity index (χ1n) is 9.41. The zero-order chi connectivity index (χ0) is 18.8. The number of halogens is 1. The van der Waals surface area contributed by atoms with Gasteiger partial charge >= 0.3 is 0 Å². The maximum Gasteiger partial charge on any atom is 0.263 e. The number of fused-ring (bicyclic) bond motifs is 1. The molecule has 0 radical (unpaired) electrons. The van der Waals surface area contributed by atoms with Crippen LogP contribution in [0.2, 0.25) is 0 Å². The van der Waals surface area contributed by atoms with E-state index in [9.17, 15) is 9.18 Å². The van der Waals surface area contributed by atoms with Crippen molar-refractivity contribution in [1.82, 2.24) is 15.1 Å². The summed E-state index contributed by atoms with van der Waals surface area (Å²) in [5.41, 5.74) is 2.43. The highest BCUT2D eigenvalue weighted by Gasteiger charge is 2.27. The van der Waals surface area contributed by atoms with Crippen LogP contribution in [-0.4, -0.2) is 53.3 Å². The summed E-state index contributed by atoms with van der Waals surface area (Å²) in [5, 5.41) is 8.71. The van der Waals surface area contributed by atoms with E-state index in [0.29, 0.717) is 18.8 Å². The van der Waals surface area contributed by atoms with E-state index < -0.39 is 6.10 Å². The van der Waals surface area contributed by atoms with Gasteiger partial charge in [0.1, 0.15) is 11.6 Å². The van der Waals surface area contributed by atoms with Crippen molar-refractivity contribution in [3.63, 3.8) is 0 Å². The Bertz CT molecular complexity index is 819. The molecule has 6 nitrogen and oxygen atoms in total. The first-order valence-corrected chi connectivity index (χ1v) is 9.41. The zero-order valence-electron chi connectivity index (χ0n) is 15.4. The minimum absolute atomic E-state index is 0.0565. The van der Waals surface area contributed by atoms with E-state index >= 15 is 0 Å². The summed E-state index contributed by atoms with van der Waals surface area (Å²) < 4.78 is 18.6. The van der Waals surface area contributed by atoms with Gasteiger partial charge in [-0.05, 0) is 62.1 Å². The van der Waals surface area contributed by atoms with Crippen molar-refractivity contribution in [3.8, 4) is 5.75 Å². The number of nitrogens with zero attached hydrogens (tertiary/aromatic N) is 4. The molecule has 0 saturated carbocycles. The SMILES string of the molecule is CC(Oc1ccc(F)cc1)C(=O)N1CCN(c2cc3c(nn2)CCC3)CC1. The van der Waals surface area contributed by atoms with Gasteiger partial charge in [-0.15, -0.1) is 5.10 Å². The molecule has 2 aliphatic rings. The third kappa shape index (κ3) is 3.86. The normalized spacial score (nSPS) is 17.6. The van der Waals surface area contributed by atoms with Gasteiger partial charge < -0.3 is 14.5 Å². The van der Waals surface area contributed by atoms with Gasteiger partial charge in [-0.25, -0.2) is 4.39 Å². The molecule has 1 aliphatic carbocycles. The summed E-state index contributed by atoms with van der Waals surface area (Å²) >= 11 is 0. The third-order valence-corrected chi connectivity index (χ3v) is 5.20. The van der Waals surface area contributed by atoms with E-state index in [-0.39, 0.29) is 11.7 Å². The number of carbonyl (C=O) groups excluding carboxylic acids is 1. The van der Waals surface area contributed by atoms with E-state index in [2.05, 4.69) is 21.2 Å². The second-order valence-corrected chi connectivity index (χ2v) is 7.05. The van der Waals surface area contributed by atoms with Crippen LogP contribution in [0.15, 0.2) is 30.3 Å². The molecule has 27 heavy (non-hydrogen) atoms. The Morgan fingerprint density at radius 2 is 1.85 bits per heavy atom. The van der Waals surface area contributed by atoms with Gasteiger partial charge in [0.05, 0.1) is 5.69 Å². The van der Waals surface area contributed by atoms with Gasteiger partial charge in [0.25, 0.3) is 5.91 Å². The van der Waals surface area contributed by atoms with Crippen LogP contribution >= 0.6 is 0 Å². The van der Waals surface area contributed by atoms with Crippen LogP contribution in [0, 0.1) is 5.82 Å². The molecule has 1 atom stereocenters. The van der Waals surface area contributed by atoms with E-state index in [4.69, 9.17) is 4.74 Å². The zero-order valence-corrected chi connectivity index (χ0v) is 15.4. The molecule has 2 heterocycles. The van der Waals surface area contributed by atoms with Crippen LogP contribution in [0.25, 0.3) is 0 Å². The summed E-state index contributed by atoms with van der Waals surface area (Å²) in [6.07, 6.45) is 2.65. The fourth-order valence-electron chi connectivity index (χ4n) is 3.65. The largest absolute Gasteiger partial charge is 0.481 e. The van der Waals surface area contributed by atoms with Crippen molar-refractivity contribution in [1.29, 1.82) is 0 Å². The number of ether oxygens (including phenoxy) is 1. The predicted molar refractivity (Wildman–Crippen MR) is 99.3 cm³/mol.